The lowest BCUT2D eigenvalue weighted by Crippen LogP contribution is -2.29. The van der Waals surface area contributed by atoms with Gasteiger partial charge in [0.1, 0.15) is 0 Å². The summed E-state index contributed by atoms with van der Waals surface area (Å²) in [7, 11) is 0. The average molecular weight is 649 g/mol. The molecule has 0 aliphatic carbocycles. The van der Waals surface area contributed by atoms with Gasteiger partial charge in [-0.25, -0.2) is 0 Å². The van der Waals surface area contributed by atoms with Crippen molar-refractivity contribution in [3.63, 3.8) is 0 Å². The van der Waals surface area contributed by atoms with Crippen LogP contribution in [-0.2, 0) is 0 Å². The van der Waals surface area contributed by atoms with E-state index in [1.165, 1.54) is 23.4 Å². The number of hydrogen-bond donors (Lipinski definition) is 1. The maximum absolute atomic E-state index is 11.0. The van der Waals surface area contributed by atoms with Crippen molar-refractivity contribution in [3.05, 3.63) is 136 Å². The first-order valence-corrected chi connectivity index (χ1v) is 16.6. The number of aryl methyl sites for hydroxylation is 1. The third-order valence-corrected chi connectivity index (χ3v) is 9.85. The van der Waals surface area contributed by atoms with Crippen molar-refractivity contribution < 1.29 is 4.92 Å². The van der Waals surface area contributed by atoms with Gasteiger partial charge in [-0.2, -0.15) is 0 Å². The van der Waals surface area contributed by atoms with Gasteiger partial charge in [0.25, 0.3) is 5.69 Å². The second-order valence-corrected chi connectivity index (χ2v) is 12.7. The van der Waals surface area contributed by atoms with Crippen LogP contribution in [0.15, 0.2) is 113 Å². The number of non-ortho nitro benzene ring substituents is 1. The molecule has 2 atom stereocenters. The quantitative estimate of drug-likeness (QED) is 0.0917. The van der Waals surface area contributed by atoms with Crippen LogP contribution in [-0.4, -0.2) is 32.7 Å². The number of thiocarbonyl (C=S) groups is 1. The van der Waals surface area contributed by atoms with Gasteiger partial charge in [-0.3, -0.25) is 15.1 Å². The number of pyridine rings is 1. The Morgan fingerprint density at radius 2 is 1.54 bits per heavy atom. The lowest BCUT2D eigenvalue weighted by molar-refractivity contribution is -0.384. The zero-order chi connectivity index (χ0) is 32.4. The molecule has 6 rings (SSSR count). The van der Waals surface area contributed by atoms with E-state index in [-0.39, 0.29) is 22.7 Å². The molecule has 8 nitrogen and oxygen atoms in total. The highest BCUT2D eigenvalue weighted by atomic mass is 32.2. The summed E-state index contributed by atoms with van der Waals surface area (Å²) in [6, 6.07) is 31.7. The summed E-state index contributed by atoms with van der Waals surface area (Å²) >= 11 is 7.56. The molecule has 3 heterocycles. The van der Waals surface area contributed by atoms with E-state index in [1.807, 2.05) is 24.4 Å². The van der Waals surface area contributed by atoms with E-state index in [2.05, 4.69) is 102 Å². The molecule has 2 aromatic heterocycles. The van der Waals surface area contributed by atoms with Crippen molar-refractivity contribution in [2.45, 2.75) is 49.6 Å². The van der Waals surface area contributed by atoms with Crippen molar-refractivity contribution in [2.75, 3.05) is 22.9 Å². The molecule has 10 heteroatoms. The third kappa shape index (κ3) is 6.10. The van der Waals surface area contributed by atoms with Gasteiger partial charge in [-0.1, -0.05) is 17.8 Å². The number of nitrogens with one attached hydrogen (secondary N) is 1. The van der Waals surface area contributed by atoms with Gasteiger partial charge in [-0.05, 0) is 124 Å². The maximum Gasteiger partial charge on any atom is 0.269 e. The number of rotatable bonds is 10. The number of anilines is 2. The van der Waals surface area contributed by atoms with E-state index in [4.69, 9.17) is 17.2 Å². The van der Waals surface area contributed by atoms with Crippen molar-refractivity contribution in [1.29, 1.82) is 0 Å². The average Bonchev–Trinajstić information content (AvgIpc) is 3.57. The van der Waals surface area contributed by atoms with Gasteiger partial charge in [0.05, 0.1) is 22.7 Å². The molecule has 1 saturated heterocycles. The third-order valence-electron chi connectivity index (χ3n) is 8.52. The number of aromatic nitrogens is 2. The smallest absolute Gasteiger partial charge is 0.269 e. The van der Waals surface area contributed by atoms with Crippen LogP contribution >= 0.6 is 24.0 Å². The maximum atomic E-state index is 11.0. The highest BCUT2D eigenvalue weighted by molar-refractivity contribution is 7.99. The number of benzene rings is 3. The molecule has 5 aromatic rings. The molecule has 234 valence electrons. The van der Waals surface area contributed by atoms with Gasteiger partial charge in [0, 0.05) is 69.7 Å². The molecule has 1 aliphatic heterocycles. The van der Waals surface area contributed by atoms with E-state index < -0.39 is 0 Å². The molecule has 1 N–H and O–H groups in total. The van der Waals surface area contributed by atoms with Crippen molar-refractivity contribution in [2.24, 2.45) is 0 Å². The predicted molar refractivity (Wildman–Crippen MR) is 190 cm³/mol. The van der Waals surface area contributed by atoms with Gasteiger partial charge in [0.2, 0.25) is 0 Å². The van der Waals surface area contributed by atoms with Crippen LogP contribution < -0.4 is 15.1 Å². The second-order valence-electron chi connectivity index (χ2n) is 11.2. The fourth-order valence-electron chi connectivity index (χ4n) is 6.28. The van der Waals surface area contributed by atoms with E-state index in [9.17, 15) is 10.1 Å². The largest absolute Gasteiger partial charge is 0.372 e. The number of nitro benzene ring substituents is 1. The van der Waals surface area contributed by atoms with E-state index in [1.54, 1.807) is 23.9 Å². The fraction of sp³-hybridized carbons (Fsp3) is 0.222. The zero-order valence-electron chi connectivity index (χ0n) is 26.3. The van der Waals surface area contributed by atoms with Gasteiger partial charge >= 0.3 is 0 Å². The zero-order valence-corrected chi connectivity index (χ0v) is 27.9. The number of hydrogen-bond acceptors (Lipinski definition) is 6. The Bertz CT molecular complexity index is 1840. The molecule has 0 radical (unpaired) electrons. The summed E-state index contributed by atoms with van der Waals surface area (Å²) in [4.78, 5) is 21.9. The van der Waals surface area contributed by atoms with Gasteiger partial charge in [0.15, 0.2) is 5.11 Å². The second kappa shape index (κ2) is 13.4. The first-order valence-electron chi connectivity index (χ1n) is 15.4. The number of nitrogens with zero attached hydrogens (tertiary/aromatic N) is 5. The van der Waals surface area contributed by atoms with Gasteiger partial charge in [-0.15, -0.1) is 0 Å². The summed E-state index contributed by atoms with van der Waals surface area (Å²) in [5, 5.41) is 15.3. The monoisotopic (exact) mass is 648 g/mol. The number of nitro groups is 1. The minimum absolute atomic E-state index is 0.0826. The van der Waals surface area contributed by atoms with Crippen LogP contribution in [0.2, 0.25) is 0 Å². The molecular weight excluding hydrogens is 613 g/mol. The Morgan fingerprint density at radius 3 is 2.13 bits per heavy atom. The Balaban J connectivity index is 1.35. The summed E-state index contributed by atoms with van der Waals surface area (Å²) in [6.45, 7) is 10.6. The van der Waals surface area contributed by atoms with Crippen LogP contribution in [0, 0.1) is 24.0 Å². The molecular formula is C36H36N6O2S2. The molecule has 0 amide bonds. The molecule has 0 spiro atoms. The summed E-state index contributed by atoms with van der Waals surface area (Å²) < 4.78 is 2.32. The van der Waals surface area contributed by atoms with Crippen LogP contribution in [0.4, 0.5) is 17.1 Å². The SMILES string of the molecule is CCN(CC)c1ccc(-n2c(C)cc([C@@H]3[C@@H](c4ccccn4)NC(=S)N3c3ccc(Sc4ccc([N+](=O)[O-])cc4)cc3)c2C)cc1. The Hall–Kier alpha value is -4.67. The van der Waals surface area contributed by atoms with Crippen molar-refractivity contribution in [1.82, 2.24) is 14.9 Å². The normalized spacial score (nSPS) is 16.0. The first-order chi connectivity index (χ1) is 22.3. The summed E-state index contributed by atoms with van der Waals surface area (Å²) in [5.41, 5.74) is 7.81. The lowest BCUT2D eigenvalue weighted by atomic mass is 9.96. The van der Waals surface area contributed by atoms with E-state index in [0.717, 1.165) is 51.3 Å². The summed E-state index contributed by atoms with van der Waals surface area (Å²) in [6.07, 6.45) is 1.82. The Labute approximate surface area is 279 Å². The van der Waals surface area contributed by atoms with Crippen molar-refractivity contribution in [3.8, 4) is 5.69 Å². The highest BCUT2D eigenvalue weighted by Crippen LogP contribution is 2.44. The topological polar surface area (TPSA) is 79.5 Å². The summed E-state index contributed by atoms with van der Waals surface area (Å²) in [5.74, 6) is 0. The molecule has 0 saturated carbocycles. The van der Waals surface area contributed by atoms with Crippen molar-refractivity contribution >= 4 is 46.2 Å². The van der Waals surface area contributed by atoms with Crippen LogP contribution in [0.1, 0.15) is 48.6 Å². The van der Waals surface area contributed by atoms with Crippen LogP contribution in [0.3, 0.4) is 0 Å². The van der Waals surface area contributed by atoms with Crippen LogP contribution in [0.25, 0.3) is 5.69 Å². The first kappa shape index (κ1) is 31.3. The predicted octanol–water partition coefficient (Wildman–Crippen LogP) is 8.57. The van der Waals surface area contributed by atoms with Crippen LogP contribution in [0.5, 0.6) is 0 Å². The highest BCUT2D eigenvalue weighted by Gasteiger charge is 2.42. The molecule has 1 fully saturated rings. The molecule has 0 bridgehead atoms. The standard InChI is InChI=1S/C36H36N6O2S2/c1-5-39(6-2)26-10-12-27(13-11-26)40-24(3)23-32(25(40)4)35-34(33-9-7-8-22-37-33)38-36(45)41(35)28-14-18-30(19-15-28)46-31-20-16-29(17-21-31)42(43)44/h7-23,34-35H,5-6H2,1-4H3,(H,38,45)/t34-,35-/m1/s1. The molecule has 0 unspecified atom stereocenters. The minimum Gasteiger partial charge on any atom is -0.372 e. The minimum atomic E-state index is -0.384. The molecule has 46 heavy (non-hydrogen) atoms. The fourth-order valence-corrected chi connectivity index (χ4v) is 7.44. The Morgan fingerprint density at radius 1 is 0.913 bits per heavy atom. The van der Waals surface area contributed by atoms with E-state index in [0.29, 0.717) is 5.11 Å². The van der Waals surface area contributed by atoms with E-state index >= 15 is 0 Å². The molecule has 3 aromatic carbocycles. The Kier molecular flexibility index (Phi) is 9.10. The van der Waals surface area contributed by atoms with Gasteiger partial charge < -0.3 is 19.7 Å². The lowest BCUT2D eigenvalue weighted by Gasteiger charge is -2.28. The molecule has 1 aliphatic rings.